The zero-order chi connectivity index (χ0) is 18.2. The van der Waals surface area contributed by atoms with Gasteiger partial charge in [0.05, 0.1) is 5.56 Å². The van der Waals surface area contributed by atoms with Crippen molar-refractivity contribution in [1.29, 1.82) is 5.26 Å². The molecule has 132 valence electrons. The molecule has 0 spiro atoms. The number of aromatic nitrogens is 1. The molecule has 5 heteroatoms. The number of nitriles is 1. The maximum absolute atomic E-state index is 12.0. The van der Waals surface area contributed by atoms with Gasteiger partial charge in [-0.2, -0.15) is 5.26 Å². The molecule has 0 radical (unpaired) electrons. The van der Waals surface area contributed by atoms with E-state index in [-0.39, 0.29) is 5.91 Å². The topological polar surface area (TPSA) is 69.0 Å². The Morgan fingerprint density at radius 2 is 2.00 bits per heavy atom. The maximum atomic E-state index is 12.0. The molecule has 0 aliphatic carbocycles. The Kier molecular flexibility index (Phi) is 6.00. The van der Waals surface area contributed by atoms with E-state index in [0.717, 1.165) is 37.3 Å². The maximum Gasteiger partial charge on any atom is 0.244 e. The molecule has 5 nitrogen and oxygen atoms in total. The summed E-state index contributed by atoms with van der Waals surface area (Å²) in [6, 6.07) is 15.6. The first kappa shape index (κ1) is 17.7. The Hall–Kier alpha value is -3.13. The van der Waals surface area contributed by atoms with Crippen molar-refractivity contribution in [3.63, 3.8) is 0 Å². The lowest BCUT2D eigenvalue weighted by Crippen LogP contribution is -2.39. The van der Waals surface area contributed by atoms with Crippen LogP contribution in [0.15, 0.2) is 54.7 Å². The van der Waals surface area contributed by atoms with Gasteiger partial charge in [0.1, 0.15) is 11.9 Å². The second kappa shape index (κ2) is 8.82. The summed E-state index contributed by atoms with van der Waals surface area (Å²) in [5, 5.41) is 12.2. The summed E-state index contributed by atoms with van der Waals surface area (Å²) in [5.74, 6) is 1.16. The van der Waals surface area contributed by atoms with Gasteiger partial charge in [-0.05, 0) is 42.5 Å². The predicted octanol–water partition coefficient (Wildman–Crippen LogP) is 3.00. The lowest BCUT2D eigenvalue weighted by molar-refractivity contribution is -0.116. The molecule has 3 rings (SSSR count). The van der Waals surface area contributed by atoms with Crippen LogP contribution in [0.2, 0.25) is 0 Å². The fourth-order valence-electron chi connectivity index (χ4n) is 3.13. The number of hydrogen-bond donors (Lipinski definition) is 1. The van der Waals surface area contributed by atoms with E-state index in [0.29, 0.717) is 18.0 Å². The number of pyridine rings is 1. The zero-order valence-corrected chi connectivity index (χ0v) is 14.6. The summed E-state index contributed by atoms with van der Waals surface area (Å²) in [6.07, 6.45) is 7.08. The van der Waals surface area contributed by atoms with Crippen molar-refractivity contribution in [1.82, 2.24) is 10.3 Å². The first-order valence-corrected chi connectivity index (χ1v) is 8.87. The SMILES string of the molecule is N#Cc1cccnc1N1CCC(CNC(=O)/C=C/c2ccccc2)CC1. The molecule has 2 aromatic rings. The molecule has 1 saturated heterocycles. The van der Waals surface area contributed by atoms with Crippen LogP contribution in [0.4, 0.5) is 5.82 Å². The smallest absolute Gasteiger partial charge is 0.244 e. The van der Waals surface area contributed by atoms with Crippen LogP contribution in [0.3, 0.4) is 0 Å². The van der Waals surface area contributed by atoms with Gasteiger partial charge in [-0.15, -0.1) is 0 Å². The average Bonchev–Trinajstić information content (AvgIpc) is 2.72. The quantitative estimate of drug-likeness (QED) is 0.845. The number of carbonyl (C=O) groups is 1. The van der Waals surface area contributed by atoms with Crippen molar-refractivity contribution >= 4 is 17.8 Å². The molecule has 0 unspecified atom stereocenters. The van der Waals surface area contributed by atoms with Crippen LogP contribution in [-0.4, -0.2) is 30.5 Å². The van der Waals surface area contributed by atoms with Gasteiger partial charge in [0.15, 0.2) is 0 Å². The van der Waals surface area contributed by atoms with Gasteiger partial charge < -0.3 is 10.2 Å². The van der Waals surface area contributed by atoms with Crippen LogP contribution in [-0.2, 0) is 4.79 Å². The molecule has 1 aromatic carbocycles. The number of benzene rings is 1. The van der Waals surface area contributed by atoms with Crippen molar-refractivity contribution in [3.05, 3.63) is 65.9 Å². The molecule has 0 saturated carbocycles. The zero-order valence-electron chi connectivity index (χ0n) is 14.6. The molecule has 2 heterocycles. The van der Waals surface area contributed by atoms with E-state index in [4.69, 9.17) is 0 Å². The summed E-state index contributed by atoms with van der Waals surface area (Å²) >= 11 is 0. The molecule has 1 N–H and O–H groups in total. The van der Waals surface area contributed by atoms with E-state index >= 15 is 0 Å². The van der Waals surface area contributed by atoms with Gasteiger partial charge in [0, 0.05) is 31.9 Å². The Morgan fingerprint density at radius 3 is 2.73 bits per heavy atom. The van der Waals surface area contributed by atoms with Crippen molar-refractivity contribution < 1.29 is 4.79 Å². The van der Waals surface area contributed by atoms with E-state index in [1.807, 2.05) is 36.4 Å². The van der Waals surface area contributed by atoms with Crippen LogP contribution in [0.5, 0.6) is 0 Å². The predicted molar refractivity (Wildman–Crippen MR) is 102 cm³/mol. The number of anilines is 1. The number of carbonyl (C=O) groups excluding carboxylic acids is 1. The molecular weight excluding hydrogens is 324 g/mol. The fourth-order valence-corrected chi connectivity index (χ4v) is 3.13. The Morgan fingerprint density at radius 1 is 1.23 bits per heavy atom. The van der Waals surface area contributed by atoms with Crippen LogP contribution >= 0.6 is 0 Å². The van der Waals surface area contributed by atoms with Crippen molar-refractivity contribution in [2.45, 2.75) is 12.8 Å². The second-order valence-corrected chi connectivity index (χ2v) is 6.41. The lowest BCUT2D eigenvalue weighted by atomic mass is 9.96. The minimum Gasteiger partial charge on any atom is -0.356 e. The molecule has 1 fully saturated rings. The standard InChI is InChI=1S/C21H22N4O/c22-15-19-7-4-12-23-21(19)25-13-10-18(11-14-25)16-24-20(26)9-8-17-5-2-1-3-6-17/h1-9,12,18H,10-11,13-14,16H2,(H,24,26)/b9-8+. The summed E-state index contributed by atoms with van der Waals surface area (Å²) in [4.78, 5) is 18.5. The molecule has 0 bridgehead atoms. The highest BCUT2D eigenvalue weighted by Gasteiger charge is 2.22. The van der Waals surface area contributed by atoms with Gasteiger partial charge in [0.2, 0.25) is 5.91 Å². The fraction of sp³-hybridized carbons (Fsp3) is 0.286. The van der Waals surface area contributed by atoms with E-state index in [1.165, 1.54) is 0 Å². The van der Waals surface area contributed by atoms with Crippen LogP contribution in [0, 0.1) is 17.2 Å². The third-order valence-corrected chi connectivity index (χ3v) is 4.61. The monoisotopic (exact) mass is 346 g/mol. The van der Waals surface area contributed by atoms with Gasteiger partial charge in [0.25, 0.3) is 0 Å². The van der Waals surface area contributed by atoms with Gasteiger partial charge >= 0.3 is 0 Å². The minimum atomic E-state index is -0.0622. The summed E-state index contributed by atoms with van der Waals surface area (Å²) in [6.45, 7) is 2.39. The second-order valence-electron chi connectivity index (χ2n) is 6.41. The van der Waals surface area contributed by atoms with Crippen LogP contribution in [0.25, 0.3) is 6.08 Å². The molecule has 1 aliphatic rings. The van der Waals surface area contributed by atoms with Crippen molar-refractivity contribution in [3.8, 4) is 6.07 Å². The first-order valence-electron chi connectivity index (χ1n) is 8.87. The van der Waals surface area contributed by atoms with E-state index in [2.05, 4.69) is 21.3 Å². The third-order valence-electron chi connectivity index (χ3n) is 4.61. The number of piperidine rings is 1. The molecule has 1 amide bonds. The Labute approximate surface area is 154 Å². The van der Waals surface area contributed by atoms with Gasteiger partial charge in [-0.1, -0.05) is 30.3 Å². The molecule has 1 aliphatic heterocycles. The van der Waals surface area contributed by atoms with E-state index in [1.54, 1.807) is 24.4 Å². The molecule has 26 heavy (non-hydrogen) atoms. The highest BCUT2D eigenvalue weighted by Crippen LogP contribution is 2.23. The number of hydrogen-bond acceptors (Lipinski definition) is 4. The number of rotatable bonds is 5. The molecular formula is C21H22N4O. The average molecular weight is 346 g/mol. The van der Waals surface area contributed by atoms with Crippen molar-refractivity contribution in [2.24, 2.45) is 5.92 Å². The van der Waals surface area contributed by atoms with Crippen LogP contribution in [0.1, 0.15) is 24.0 Å². The largest absolute Gasteiger partial charge is 0.356 e. The number of nitrogens with zero attached hydrogens (tertiary/aromatic N) is 3. The summed E-state index contributed by atoms with van der Waals surface area (Å²) < 4.78 is 0. The van der Waals surface area contributed by atoms with Gasteiger partial charge in [-0.25, -0.2) is 4.98 Å². The normalized spacial score (nSPS) is 15.0. The number of amides is 1. The Balaban J connectivity index is 1.45. The summed E-state index contributed by atoms with van der Waals surface area (Å²) in [7, 11) is 0. The summed E-state index contributed by atoms with van der Waals surface area (Å²) in [5.41, 5.74) is 1.63. The first-order chi connectivity index (χ1) is 12.8. The molecule has 0 atom stereocenters. The molecule has 1 aromatic heterocycles. The Bertz CT molecular complexity index is 802. The van der Waals surface area contributed by atoms with Gasteiger partial charge in [-0.3, -0.25) is 4.79 Å². The van der Waals surface area contributed by atoms with E-state index in [9.17, 15) is 10.1 Å². The van der Waals surface area contributed by atoms with Crippen molar-refractivity contribution in [2.75, 3.05) is 24.5 Å². The highest BCUT2D eigenvalue weighted by atomic mass is 16.1. The van der Waals surface area contributed by atoms with Crippen LogP contribution < -0.4 is 10.2 Å². The minimum absolute atomic E-state index is 0.0622. The third kappa shape index (κ3) is 4.70. The number of nitrogens with one attached hydrogen (secondary N) is 1. The lowest BCUT2D eigenvalue weighted by Gasteiger charge is -2.33. The van der Waals surface area contributed by atoms with E-state index < -0.39 is 0 Å². The highest BCUT2D eigenvalue weighted by molar-refractivity contribution is 5.91.